The first-order chi connectivity index (χ1) is 8.55. The number of carbonyl (C=O) groups is 1. The van der Waals surface area contributed by atoms with Crippen molar-refractivity contribution in [2.24, 2.45) is 0 Å². The van der Waals surface area contributed by atoms with Crippen LogP contribution >= 0.6 is 0 Å². The van der Waals surface area contributed by atoms with E-state index in [0.717, 1.165) is 0 Å². The van der Waals surface area contributed by atoms with Crippen LogP contribution in [-0.4, -0.2) is 33.3 Å². The summed E-state index contributed by atoms with van der Waals surface area (Å²) in [5, 5.41) is 0. The van der Waals surface area contributed by atoms with Gasteiger partial charge in [0.1, 0.15) is 6.61 Å². The highest BCUT2D eigenvalue weighted by Crippen LogP contribution is 2.00. The molecule has 0 radical (unpaired) electrons. The summed E-state index contributed by atoms with van der Waals surface area (Å²) >= 11 is 0. The predicted molar refractivity (Wildman–Crippen MR) is 68.8 cm³/mol. The fourth-order valence-electron chi connectivity index (χ4n) is 1.34. The molecule has 0 aliphatic carbocycles. The topological polar surface area (TPSA) is 72.5 Å². The third-order valence-electron chi connectivity index (χ3n) is 2.14. The van der Waals surface area contributed by atoms with Gasteiger partial charge in [-0.05, 0) is 18.6 Å². The number of hydrogen-bond acceptors (Lipinski definition) is 4. The van der Waals surface area contributed by atoms with E-state index in [1.165, 1.54) is 0 Å². The van der Waals surface area contributed by atoms with E-state index in [2.05, 4.69) is 4.72 Å². The van der Waals surface area contributed by atoms with Crippen molar-refractivity contribution in [1.29, 1.82) is 0 Å². The van der Waals surface area contributed by atoms with E-state index in [9.17, 15) is 13.2 Å². The van der Waals surface area contributed by atoms with Crippen molar-refractivity contribution in [3.8, 4) is 0 Å². The minimum Gasteiger partial charge on any atom is -0.461 e. The molecule has 0 amide bonds. The maximum atomic E-state index is 11.5. The average molecular weight is 271 g/mol. The lowest BCUT2D eigenvalue weighted by Crippen LogP contribution is -2.30. The van der Waals surface area contributed by atoms with Gasteiger partial charge in [0.05, 0.1) is 11.3 Å². The van der Waals surface area contributed by atoms with Crippen molar-refractivity contribution in [2.75, 3.05) is 18.9 Å². The summed E-state index contributed by atoms with van der Waals surface area (Å²) in [6, 6.07) is 8.56. The van der Waals surface area contributed by atoms with Crippen LogP contribution < -0.4 is 4.72 Å². The van der Waals surface area contributed by atoms with Crippen LogP contribution in [0, 0.1) is 0 Å². The maximum Gasteiger partial charge on any atom is 0.338 e. The molecule has 0 atom stereocenters. The zero-order valence-corrected chi connectivity index (χ0v) is 11.1. The highest BCUT2D eigenvalue weighted by molar-refractivity contribution is 7.89. The van der Waals surface area contributed by atoms with Gasteiger partial charge in [-0.15, -0.1) is 0 Å². The van der Waals surface area contributed by atoms with Crippen LogP contribution in [0.15, 0.2) is 30.3 Å². The maximum absolute atomic E-state index is 11.5. The first kappa shape index (κ1) is 14.7. The lowest BCUT2D eigenvalue weighted by molar-refractivity contribution is 0.0513. The van der Waals surface area contributed by atoms with Crippen LogP contribution in [-0.2, 0) is 14.8 Å². The van der Waals surface area contributed by atoms with E-state index < -0.39 is 16.0 Å². The van der Waals surface area contributed by atoms with E-state index in [1.807, 2.05) is 0 Å². The molecule has 0 unspecified atom stereocenters. The second-order valence-electron chi connectivity index (χ2n) is 3.72. The highest BCUT2D eigenvalue weighted by Gasteiger charge is 2.09. The molecule has 0 aromatic heterocycles. The van der Waals surface area contributed by atoms with Gasteiger partial charge in [0.25, 0.3) is 0 Å². The fourth-order valence-corrected chi connectivity index (χ4v) is 2.42. The minimum atomic E-state index is -3.24. The van der Waals surface area contributed by atoms with Crippen molar-refractivity contribution in [1.82, 2.24) is 4.72 Å². The molecule has 5 nitrogen and oxygen atoms in total. The third-order valence-corrected chi connectivity index (χ3v) is 3.73. The Morgan fingerprint density at radius 2 is 1.94 bits per heavy atom. The molecule has 6 heteroatoms. The number of hydrogen-bond donors (Lipinski definition) is 1. The fraction of sp³-hybridized carbons (Fsp3) is 0.417. The van der Waals surface area contributed by atoms with Crippen molar-refractivity contribution >= 4 is 16.0 Å². The summed E-state index contributed by atoms with van der Waals surface area (Å²) in [6.07, 6.45) is 0.555. The Kier molecular flexibility index (Phi) is 5.80. The van der Waals surface area contributed by atoms with Crippen molar-refractivity contribution < 1.29 is 17.9 Å². The standard InChI is InChI=1S/C12H17NO4S/c1-2-10-18(15,16)13-8-9-17-12(14)11-6-4-3-5-7-11/h3-7,13H,2,8-10H2,1H3. The molecule has 0 fully saturated rings. The number of benzene rings is 1. The Labute approximate surface area is 107 Å². The van der Waals surface area contributed by atoms with E-state index in [4.69, 9.17) is 4.74 Å². The van der Waals surface area contributed by atoms with Gasteiger partial charge >= 0.3 is 5.97 Å². The minimum absolute atomic E-state index is 0.0245. The van der Waals surface area contributed by atoms with E-state index in [0.29, 0.717) is 12.0 Å². The summed E-state index contributed by atoms with van der Waals surface area (Å²) in [7, 11) is -3.24. The first-order valence-electron chi connectivity index (χ1n) is 5.74. The molecule has 0 heterocycles. The van der Waals surface area contributed by atoms with E-state index in [-0.39, 0.29) is 18.9 Å². The average Bonchev–Trinajstić information content (AvgIpc) is 2.35. The zero-order valence-electron chi connectivity index (χ0n) is 10.3. The first-order valence-corrected chi connectivity index (χ1v) is 7.40. The van der Waals surface area contributed by atoms with Gasteiger partial charge in [0.15, 0.2) is 0 Å². The van der Waals surface area contributed by atoms with Crippen molar-refractivity contribution in [3.05, 3.63) is 35.9 Å². The van der Waals surface area contributed by atoms with Gasteiger partial charge in [0, 0.05) is 6.54 Å². The molecule has 0 bridgehead atoms. The quantitative estimate of drug-likeness (QED) is 0.597. The van der Waals surface area contributed by atoms with Crippen LogP contribution in [0.2, 0.25) is 0 Å². The van der Waals surface area contributed by atoms with E-state index in [1.54, 1.807) is 37.3 Å². The molecule has 0 saturated carbocycles. The normalized spacial score (nSPS) is 11.2. The molecular formula is C12H17NO4S. The summed E-state index contributed by atoms with van der Waals surface area (Å²) in [5.74, 6) is -0.370. The second-order valence-corrected chi connectivity index (χ2v) is 5.64. The molecule has 1 aromatic rings. The molecule has 1 N–H and O–H groups in total. The Bertz CT molecular complexity index is 470. The molecule has 0 saturated heterocycles. The zero-order chi connectivity index (χ0) is 13.4. The monoisotopic (exact) mass is 271 g/mol. The number of esters is 1. The number of nitrogens with one attached hydrogen (secondary N) is 1. The molecule has 100 valence electrons. The Balaban J connectivity index is 2.29. The Morgan fingerprint density at radius 1 is 1.28 bits per heavy atom. The Hall–Kier alpha value is -1.40. The van der Waals surface area contributed by atoms with Crippen LogP contribution in [0.3, 0.4) is 0 Å². The summed E-state index contributed by atoms with van der Waals surface area (Å²) in [6.45, 7) is 1.91. The second kappa shape index (κ2) is 7.13. The molecular weight excluding hydrogens is 254 g/mol. The summed E-state index contributed by atoms with van der Waals surface area (Å²) < 4.78 is 29.9. The number of carbonyl (C=O) groups excluding carboxylic acids is 1. The van der Waals surface area contributed by atoms with Gasteiger partial charge in [-0.25, -0.2) is 17.9 Å². The molecule has 1 rings (SSSR count). The van der Waals surface area contributed by atoms with Crippen LogP contribution in [0.1, 0.15) is 23.7 Å². The van der Waals surface area contributed by atoms with Crippen LogP contribution in [0.25, 0.3) is 0 Å². The van der Waals surface area contributed by atoms with Crippen molar-refractivity contribution in [3.63, 3.8) is 0 Å². The van der Waals surface area contributed by atoms with Gasteiger partial charge in [-0.2, -0.15) is 0 Å². The lowest BCUT2D eigenvalue weighted by atomic mass is 10.2. The number of ether oxygens (including phenoxy) is 1. The highest BCUT2D eigenvalue weighted by atomic mass is 32.2. The van der Waals surface area contributed by atoms with Gasteiger partial charge in [-0.3, -0.25) is 0 Å². The van der Waals surface area contributed by atoms with Crippen LogP contribution in [0.5, 0.6) is 0 Å². The Morgan fingerprint density at radius 3 is 2.56 bits per heavy atom. The van der Waals surface area contributed by atoms with E-state index >= 15 is 0 Å². The SMILES string of the molecule is CCCS(=O)(=O)NCCOC(=O)c1ccccc1. The summed E-state index contributed by atoms with van der Waals surface area (Å²) in [4.78, 5) is 11.5. The third kappa shape index (κ3) is 5.29. The van der Waals surface area contributed by atoms with Gasteiger partial charge in [0.2, 0.25) is 10.0 Å². The number of rotatable bonds is 7. The summed E-state index contributed by atoms with van der Waals surface area (Å²) in [5.41, 5.74) is 0.453. The largest absolute Gasteiger partial charge is 0.461 e. The predicted octanol–water partition coefficient (Wildman–Crippen LogP) is 1.17. The number of sulfonamides is 1. The molecule has 1 aromatic carbocycles. The molecule has 0 aliphatic heterocycles. The van der Waals surface area contributed by atoms with Gasteiger partial charge < -0.3 is 4.74 Å². The molecule has 18 heavy (non-hydrogen) atoms. The molecule has 0 aliphatic rings. The lowest BCUT2D eigenvalue weighted by Gasteiger charge is -2.06. The smallest absolute Gasteiger partial charge is 0.338 e. The van der Waals surface area contributed by atoms with Crippen molar-refractivity contribution in [2.45, 2.75) is 13.3 Å². The van der Waals surface area contributed by atoms with Crippen LogP contribution in [0.4, 0.5) is 0 Å². The van der Waals surface area contributed by atoms with Gasteiger partial charge in [-0.1, -0.05) is 25.1 Å². The molecule has 0 spiro atoms.